The number of ether oxygens (including phenoxy) is 2. The Hall–Kier alpha value is -5.57. The first-order valence-corrected chi connectivity index (χ1v) is 18.2. The summed E-state index contributed by atoms with van der Waals surface area (Å²) in [5.41, 5.74) is 7.11. The standard InChI is InChI=1S/C43H35Cl2N3O5/c1-52-38-22-27(21-37(45)40(38)53-25-26-12-14-30(44)15-13-26)20-36-41(49)46-43(51)48(42(36)50)31-23-34-32(28-8-4-2-5-9-28)16-18-47-19-17-33(35(24-31)39(34)47)29-10-6-3-7-11-29/h2-15,20-24,32-33H,16-19,25H2,1H3,(H,46,49,51)/b36-20+/t32-,33-/m0/s1. The van der Waals surface area contributed by atoms with Crippen LogP contribution in [0.3, 0.4) is 0 Å². The summed E-state index contributed by atoms with van der Waals surface area (Å²) < 4.78 is 11.6. The molecule has 3 aliphatic heterocycles. The number of rotatable bonds is 8. The van der Waals surface area contributed by atoms with Crippen LogP contribution in [-0.2, 0) is 16.2 Å². The number of hydrogen-bond donors (Lipinski definition) is 1. The van der Waals surface area contributed by atoms with Gasteiger partial charge >= 0.3 is 6.03 Å². The summed E-state index contributed by atoms with van der Waals surface area (Å²) in [5, 5.41) is 3.24. The Balaban J connectivity index is 1.18. The molecule has 0 aliphatic carbocycles. The lowest BCUT2D eigenvalue weighted by Gasteiger charge is -2.44. The van der Waals surface area contributed by atoms with Crippen molar-refractivity contribution < 1.29 is 23.9 Å². The maximum Gasteiger partial charge on any atom is 0.335 e. The fraction of sp³-hybridized carbons (Fsp3) is 0.186. The molecule has 2 atom stereocenters. The van der Waals surface area contributed by atoms with E-state index in [1.165, 1.54) is 24.3 Å². The smallest absolute Gasteiger partial charge is 0.335 e. The van der Waals surface area contributed by atoms with Crippen LogP contribution in [0.1, 0.15) is 58.1 Å². The van der Waals surface area contributed by atoms with Crippen molar-refractivity contribution in [2.75, 3.05) is 30.0 Å². The fourth-order valence-corrected chi connectivity index (χ4v) is 8.13. The van der Waals surface area contributed by atoms with E-state index in [0.717, 1.165) is 53.2 Å². The van der Waals surface area contributed by atoms with Crippen LogP contribution in [0.25, 0.3) is 6.08 Å². The van der Waals surface area contributed by atoms with Crippen LogP contribution >= 0.6 is 23.2 Å². The molecule has 0 saturated carbocycles. The number of halogens is 2. The van der Waals surface area contributed by atoms with Crippen LogP contribution < -0.4 is 24.6 Å². The molecule has 3 heterocycles. The van der Waals surface area contributed by atoms with Crippen LogP contribution in [-0.4, -0.2) is 38.0 Å². The third-order valence-corrected chi connectivity index (χ3v) is 10.8. The summed E-state index contributed by atoms with van der Waals surface area (Å²) >= 11 is 12.7. The molecule has 53 heavy (non-hydrogen) atoms. The van der Waals surface area contributed by atoms with E-state index in [9.17, 15) is 14.4 Å². The summed E-state index contributed by atoms with van der Waals surface area (Å²) in [6.07, 6.45) is 3.20. The van der Waals surface area contributed by atoms with Gasteiger partial charge in [-0.3, -0.25) is 14.9 Å². The van der Waals surface area contributed by atoms with Crippen molar-refractivity contribution in [3.8, 4) is 11.5 Å². The van der Waals surface area contributed by atoms with E-state index in [1.54, 1.807) is 24.3 Å². The van der Waals surface area contributed by atoms with E-state index >= 15 is 0 Å². The zero-order valence-electron chi connectivity index (χ0n) is 28.9. The minimum atomic E-state index is -0.804. The van der Waals surface area contributed by atoms with E-state index in [2.05, 4.69) is 34.5 Å². The van der Waals surface area contributed by atoms with Gasteiger partial charge in [0.25, 0.3) is 11.8 Å². The summed E-state index contributed by atoms with van der Waals surface area (Å²) in [6, 6.07) is 34.2. The highest BCUT2D eigenvalue weighted by Crippen LogP contribution is 2.50. The molecule has 1 saturated heterocycles. The number of benzene rings is 5. The maximum absolute atomic E-state index is 14.4. The molecule has 8 nitrogen and oxygen atoms in total. The molecule has 10 heteroatoms. The Morgan fingerprint density at radius 1 is 0.792 bits per heavy atom. The van der Waals surface area contributed by atoms with Crippen LogP contribution in [0.4, 0.5) is 16.2 Å². The second-order valence-corrected chi connectivity index (χ2v) is 14.2. The molecule has 5 aromatic rings. The molecule has 4 amide bonds. The summed E-state index contributed by atoms with van der Waals surface area (Å²) in [5.74, 6) is -0.799. The largest absolute Gasteiger partial charge is 0.493 e. The average Bonchev–Trinajstić information content (AvgIpc) is 3.17. The Kier molecular flexibility index (Phi) is 9.41. The van der Waals surface area contributed by atoms with E-state index in [-0.39, 0.29) is 29.0 Å². The minimum absolute atomic E-state index is 0.0605. The van der Waals surface area contributed by atoms with Crippen molar-refractivity contribution in [2.24, 2.45) is 0 Å². The van der Waals surface area contributed by atoms with Crippen LogP contribution in [0.2, 0.25) is 10.0 Å². The van der Waals surface area contributed by atoms with Gasteiger partial charge in [-0.15, -0.1) is 0 Å². The zero-order chi connectivity index (χ0) is 36.6. The van der Waals surface area contributed by atoms with Crippen LogP contribution in [0, 0.1) is 0 Å². The molecule has 3 aliphatic rings. The highest BCUT2D eigenvalue weighted by molar-refractivity contribution is 6.39. The maximum atomic E-state index is 14.4. The normalized spacial score (nSPS) is 18.8. The number of imide groups is 2. The van der Waals surface area contributed by atoms with E-state index < -0.39 is 17.8 Å². The Labute approximate surface area is 317 Å². The lowest BCUT2D eigenvalue weighted by molar-refractivity contribution is -0.122. The van der Waals surface area contributed by atoms with E-state index in [4.69, 9.17) is 32.7 Å². The number of barbiturate groups is 1. The van der Waals surface area contributed by atoms with Gasteiger partial charge in [0.1, 0.15) is 12.2 Å². The lowest BCUT2D eigenvalue weighted by Crippen LogP contribution is -2.54. The molecule has 0 spiro atoms. The number of nitrogens with one attached hydrogen (secondary N) is 1. The number of amides is 4. The van der Waals surface area contributed by atoms with Gasteiger partial charge in [-0.2, -0.15) is 0 Å². The summed E-state index contributed by atoms with van der Waals surface area (Å²) in [4.78, 5) is 44.8. The van der Waals surface area contributed by atoms with E-state index in [1.807, 2.05) is 60.7 Å². The number of carbonyl (C=O) groups is 3. The van der Waals surface area contributed by atoms with E-state index in [0.29, 0.717) is 27.8 Å². The quantitative estimate of drug-likeness (QED) is 0.126. The van der Waals surface area contributed by atoms with Crippen molar-refractivity contribution in [3.63, 3.8) is 0 Å². The van der Waals surface area contributed by atoms with Gasteiger partial charge in [-0.25, -0.2) is 9.69 Å². The molecule has 0 unspecified atom stereocenters. The third kappa shape index (κ3) is 6.65. The first-order valence-electron chi connectivity index (χ1n) is 17.5. The number of urea groups is 1. The topological polar surface area (TPSA) is 88.2 Å². The second-order valence-electron chi connectivity index (χ2n) is 13.4. The molecule has 266 valence electrons. The van der Waals surface area contributed by atoms with Crippen molar-refractivity contribution >= 4 is 58.5 Å². The van der Waals surface area contributed by atoms with Gasteiger partial charge in [0.15, 0.2) is 11.5 Å². The van der Waals surface area contributed by atoms with Crippen molar-refractivity contribution in [1.82, 2.24) is 5.32 Å². The summed E-state index contributed by atoms with van der Waals surface area (Å²) in [6.45, 7) is 2.02. The van der Waals surface area contributed by atoms with Crippen molar-refractivity contribution in [1.29, 1.82) is 0 Å². The number of nitrogens with zero attached hydrogens (tertiary/aromatic N) is 2. The monoisotopic (exact) mass is 743 g/mol. The number of carbonyl (C=O) groups excluding carboxylic acids is 3. The highest BCUT2D eigenvalue weighted by atomic mass is 35.5. The van der Waals surface area contributed by atoms with Gasteiger partial charge in [0, 0.05) is 35.6 Å². The molecular formula is C43H35Cl2N3O5. The van der Waals surface area contributed by atoms with Crippen molar-refractivity contribution in [2.45, 2.75) is 31.3 Å². The number of anilines is 2. The first kappa shape index (κ1) is 34.5. The Bertz CT molecular complexity index is 2190. The summed E-state index contributed by atoms with van der Waals surface area (Å²) in [7, 11) is 1.48. The minimum Gasteiger partial charge on any atom is -0.493 e. The number of hydrogen-bond acceptors (Lipinski definition) is 6. The van der Waals surface area contributed by atoms with Gasteiger partial charge in [0.2, 0.25) is 0 Å². The van der Waals surface area contributed by atoms with Crippen LogP contribution in [0.5, 0.6) is 11.5 Å². The molecule has 0 radical (unpaired) electrons. The van der Waals surface area contributed by atoms with Crippen molar-refractivity contribution in [3.05, 3.63) is 158 Å². The predicted molar refractivity (Wildman–Crippen MR) is 207 cm³/mol. The second kappa shape index (κ2) is 14.5. The average molecular weight is 745 g/mol. The molecule has 1 N–H and O–H groups in total. The van der Waals surface area contributed by atoms with Gasteiger partial charge in [0.05, 0.1) is 17.8 Å². The molecule has 1 fully saturated rings. The highest BCUT2D eigenvalue weighted by Gasteiger charge is 2.40. The van der Waals surface area contributed by atoms with Gasteiger partial charge < -0.3 is 14.4 Å². The number of methoxy groups -OCH3 is 1. The predicted octanol–water partition coefficient (Wildman–Crippen LogP) is 9.12. The zero-order valence-corrected chi connectivity index (χ0v) is 30.4. The van der Waals surface area contributed by atoms with Gasteiger partial charge in [-0.05, 0) is 88.7 Å². The molecule has 0 bridgehead atoms. The Morgan fingerprint density at radius 3 is 1.98 bits per heavy atom. The third-order valence-electron chi connectivity index (χ3n) is 10.2. The SMILES string of the molecule is COc1cc(/C=C2\C(=O)NC(=O)N(c3cc4c5c(c3)[C@H](c3ccccc3)CCN5CC[C@H]4c3ccccc3)C2=O)cc(Cl)c1OCc1ccc(Cl)cc1. The molecule has 0 aromatic heterocycles. The Morgan fingerprint density at radius 2 is 1.40 bits per heavy atom. The fourth-order valence-electron chi connectivity index (χ4n) is 7.73. The van der Waals surface area contributed by atoms with Gasteiger partial charge in [-0.1, -0.05) is 96.0 Å². The molecule has 5 aromatic carbocycles. The molecule has 8 rings (SSSR count). The van der Waals surface area contributed by atoms with Crippen LogP contribution in [0.15, 0.2) is 115 Å². The lowest BCUT2D eigenvalue weighted by atomic mass is 9.76. The first-order chi connectivity index (χ1) is 25.8. The molecular weight excluding hydrogens is 709 g/mol.